The Kier molecular flexibility index (Phi) is 4.97. The van der Waals surface area contributed by atoms with Crippen LogP contribution in [-0.4, -0.2) is 42.1 Å². The van der Waals surface area contributed by atoms with E-state index in [1.807, 2.05) is 25.1 Å². The van der Waals surface area contributed by atoms with Crippen molar-refractivity contribution in [2.75, 3.05) is 32.2 Å². The molecule has 1 atom stereocenters. The summed E-state index contributed by atoms with van der Waals surface area (Å²) in [6.45, 7) is 4.67. The van der Waals surface area contributed by atoms with Crippen LogP contribution in [0.25, 0.3) is 0 Å². The van der Waals surface area contributed by atoms with Gasteiger partial charge in [-0.3, -0.25) is 5.10 Å². The molecule has 1 aliphatic rings. The first-order valence-corrected chi connectivity index (χ1v) is 7.83. The molecule has 23 heavy (non-hydrogen) atoms. The minimum atomic E-state index is 0.323. The molecule has 2 aromatic rings. The molecule has 1 unspecified atom stereocenters. The number of anilines is 1. The zero-order chi connectivity index (χ0) is 16.1. The molecular formula is C16H22N4O3. The number of ether oxygens (including phenoxy) is 3. The molecule has 0 amide bonds. The molecule has 1 fully saturated rings. The number of hydrogen-bond donors (Lipinski definition) is 2. The predicted octanol–water partition coefficient (Wildman–Crippen LogP) is 2.33. The maximum absolute atomic E-state index is 5.59. The second-order valence-corrected chi connectivity index (χ2v) is 5.38. The third-order valence-corrected chi connectivity index (χ3v) is 3.80. The van der Waals surface area contributed by atoms with E-state index in [-0.39, 0.29) is 0 Å². The first kappa shape index (κ1) is 15.6. The molecule has 0 radical (unpaired) electrons. The van der Waals surface area contributed by atoms with E-state index >= 15 is 0 Å². The standard InChI is InChI=1S/C16H22N4O3/c1-3-23-14-8-11(4-5-13(14)21-2)9-17-16-18-15(19-20-16)12-6-7-22-10-12/h4-5,8,12H,3,6-7,9-10H2,1-2H3,(H2,17,18,19,20). The van der Waals surface area contributed by atoms with Gasteiger partial charge in [0.1, 0.15) is 5.82 Å². The van der Waals surface area contributed by atoms with Gasteiger partial charge in [-0.25, -0.2) is 0 Å². The SMILES string of the molecule is CCOc1cc(CNc2n[nH]c(C3CCOC3)n2)ccc1OC. The van der Waals surface area contributed by atoms with E-state index in [0.717, 1.165) is 35.9 Å². The van der Waals surface area contributed by atoms with Crippen molar-refractivity contribution in [3.63, 3.8) is 0 Å². The zero-order valence-electron chi connectivity index (χ0n) is 13.5. The molecule has 1 aromatic carbocycles. The summed E-state index contributed by atoms with van der Waals surface area (Å²) in [5, 5.41) is 10.4. The minimum Gasteiger partial charge on any atom is -0.493 e. The highest BCUT2D eigenvalue weighted by molar-refractivity contribution is 5.43. The summed E-state index contributed by atoms with van der Waals surface area (Å²) in [7, 11) is 1.64. The van der Waals surface area contributed by atoms with Gasteiger partial charge in [0.25, 0.3) is 0 Å². The summed E-state index contributed by atoms with van der Waals surface area (Å²) < 4.78 is 16.3. The second-order valence-electron chi connectivity index (χ2n) is 5.38. The molecule has 7 heteroatoms. The van der Waals surface area contributed by atoms with Gasteiger partial charge in [0.15, 0.2) is 11.5 Å². The van der Waals surface area contributed by atoms with Gasteiger partial charge in [0.05, 0.1) is 20.3 Å². The maximum atomic E-state index is 5.59. The number of methoxy groups -OCH3 is 1. The van der Waals surface area contributed by atoms with E-state index in [2.05, 4.69) is 20.5 Å². The van der Waals surface area contributed by atoms with Crippen LogP contribution in [0, 0.1) is 0 Å². The van der Waals surface area contributed by atoms with E-state index in [4.69, 9.17) is 14.2 Å². The topological polar surface area (TPSA) is 81.3 Å². The molecule has 3 rings (SSSR count). The van der Waals surface area contributed by atoms with Crippen molar-refractivity contribution in [2.45, 2.75) is 25.8 Å². The fraction of sp³-hybridized carbons (Fsp3) is 0.500. The quantitative estimate of drug-likeness (QED) is 0.815. The Labute approximate surface area is 135 Å². The van der Waals surface area contributed by atoms with Crippen LogP contribution >= 0.6 is 0 Å². The highest BCUT2D eigenvalue weighted by atomic mass is 16.5. The average Bonchev–Trinajstić information content (AvgIpc) is 3.24. The van der Waals surface area contributed by atoms with Crippen molar-refractivity contribution in [2.24, 2.45) is 0 Å². The number of aromatic amines is 1. The molecule has 0 bridgehead atoms. The van der Waals surface area contributed by atoms with Crippen molar-refractivity contribution < 1.29 is 14.2 Å². The lowest BCUT2D eigenvalue weighted by atomic mass is 10.1. The van der Waals surface area contributed by atoms with Crippen LogP contribution in [0.15, 0.2) is 18.2 Å². The van der Waals surface area contributed by atoms with E-state index in [0.29, 0.717) is 31.6 Å². The Morgan fingerprint density at radius 1 is 1.39 bits per heavy atom. The summed E-state index contributed by atoms with van der Waals surface area (Å²) in [6.07, 6.45) is 0.991. The first-order chi connectivity index (χ1) is 11.3. The van der Waals surface area contributed by atoms with Crippen LogP contribution in [0.1, 0.15) is 30.7 Å². The molecule has 7 nitrogen and oxygen atoms in total. The summed E-state index contributed by atoms with van der Waals surface area (Å²) in [4.78, 5) is 4.49. The Hall–Kier alpha value is -2.28. The van der Waals surface area contributed by atoms with Gasteiger partial charge in [0, 0.05) is 19.1 Å². The van der Waals surface area contributed by atoms with Crippen LogP contribution in [-0.2, 0) is 11.3 Å². The van der Waals surface area contributed by atoms with Crippen LogP contribution in [0.5, 0.6) is 11.5 Å². The van der Waals surface area contributed by atoms with Crippen LogP contribution in [0.4, 0.5) is 5.95 Å². The maximum Gasteiger partial charge on any atom is 0.242 e. The molecule has 0 aliphatic carbocycles. The summed E-state index contributed by atoms with van der Waals surface area (Å²) in [5.41, 5.74) is 1.07. The van der Waals surface area contributed by atoms with E-state index in [1.54, 1.807) is 7.11 Å². The Balaban J connectivity index is 1.62. The molecule has 1 aliphatic heterocycles. The van der Waals surface area contributed by atoms with E-state index in [1.165, 1.54) is 0 Å². The van der Waals surface area contributed by atoms with Crippen molar-refractivity contribution in [1.82, 2.24) is 15.2 Å². The number of aromatic nitrogens is 3. The van der Waals surface area contributed by atoms with Crippen molar-refractivity contribution in [3.05, 3.63) is 29.6 Å². The monoisotopic (exact) mass is 318 g/mol. The van der Waals surface area contributed by atoms with Crippen molar-refractivity contribution in [1.29, 1.82) is 0 Å². The van der Waals surface area contributed by atoms with Crippen molar-refractivity contribution in [3.8, 4) is 11.5 Å². The lowest BCUT2D eigenvalue weighted by molar-refractivity contribution is 0.193. The van der Waals surface area contributed by atoms with E-state index in [9.17, 15) is 0 Å². The number of nitrogens with one attached hydrogen (secondary N) is 2. The lowest BCUT2D eigenvalue weighted by Gasteiger charge is -2.11. The highest BCUT2D eigenvalue weighted by Gasteiger charge is 2.21. The Bertz CT molecular complexity index is 638. The van der Waals surface area contributed by atoms with Gasteiger partial charge in [-0.2, -0.15) is 4.98 Å². The average molecular weight is 318 g/mol. The fourth-order valence-corrected chi connectivity index (χ4v) is 2.57. The van der Waals surface area contributed by atoms with Crippen LogP contribution < -0.4 is 14.8 Å². The van der Waals surface area contributed by atoms with Gasteiger partial charge in [0.2, 0.25) is 5.95 Å². The largest absolute Gasteiger partial charge is 0.493 e. The molecule has 0 saturated carbocycles. The second kappa shape index (κ2) is 7.32. The normalized spacial score (nSPS) is 17.2. The highest BCUT2D eigenvalue weighted by Crippen LogP contribution is 2.28. The van der Waals surface area contributed by atoms with E-state index < -0.39 is 0 Å². The number of nitrogens with zero attached hydrogens (tertiary/aromatic N) is 2. The van der Waals surface area contributed by atoms with Gasteiger partial charge >= 0.3 is 0 Å². The predicted molar refractivity (Wildman–Crippen MR) is 86.0 cm³/mol. The number of H-pyrrole nitrogens is 1. The number of hydrogen-bond acceptors (Lipinski definition) is 6. The smallest absolute Gasteiger partial charge is 0.242 e. The number of benzene rings is 1. The molecule has 2 heterocycles. The molecular weight excluding hydrogens is 296 g/mol. The van der Waals surface area contributed by atoms with Gasteiger partial charge in [-0.05, 0) is 31.0 Å². The third-order valence-electron chi connectivity index (χ3n) is 3.80. The molecule has 124 valence electrons. The molecule has 0 spiro atoms. The molecule has 1 saturated heterocycles. The minimum absolute atomic E-state index is 0.323. The van der Waals surface area contributed by atoms with Gasteiger partial charge < -0.3 is 19.5 Å². The summed E-state index contributed by atoms with van der Waals surface area (Å²) >= 11 is 0. The molecule has 1 aromatic heterocycles. The van der Waals surface area contributed by atoms with Crippen LogP contribution in [0.2, 0.25) is 0 Å². The third kappa shape index (κ3) is 3.73. The summed E-state index contributed by atoms with van der Waals surface area (Å²) in [5.74, 6) is 3.28. The zero-order valence-corrected chi connectivity index (χ0v) is 13.5. The molecule has 2 N–H and O–H groups in total. The lowest BCUT2D eigenvalue weighted by Crippen LogP contribution is -2.03. The Morgan fingerprint density at radius 3 is 3.04 bits per heavy atom. The van der Waals surface area contributed by atoms with Crippen LogP contribution in [0.3, 0.4) is 0 Å². The van der Waals surface area contributed by atoms with Crippen molar-refractivity contribution >= 4 is 5.95 Å². The first-order valence-electron chi connectivity index (χ1n) is 7.83. The van der Waals surface area contributed by atoms with Gasteiger partial charge in [-0.15, -0.1) is 5.10 Å². The Morgan fingerprint density at radius 2 is 2.30 bits per heavy atom. The van der Waals surface area contributed by atoms with Gasteiger partial charge in [-0.1, -0.05) is 6.07 Å². The number of rotatable bonds is 7. The summed E-state index contributed by atoms with van der Waals surface area (Å²) in [6, 6.07) is 5.86. The fourth-order valence-electron chi connectivity index (χ4n) is 2.57.